The number of anilines is 1. The molecule has 2 aliphatic heterocycles. The van der Waals surface area contributed by atoms with E-state index in [1.54, 1.807) is 24.3 Å². The fourth-order valence-electron chi connectivity index (χ4n) is 3.52. The number of imide groups is 1. The number of aromatic nitrogens is 1. The van der Waals surface area contributed by atoms with Crippen LogP contribution < -0.4 is 16.6 Å². The Balaban J connectivity index is 1.61. The molecule has 0 aliphatic carbocycles. The van der Waals surface area contributed by atoms with Crippen molar-refractivity contribution in [3.63, 3.8) is 0 Å². The van der Waals surface area contributed by atoms with Crippen molar-refractivity contribution >= 4 is 17.6 Å². The lowest BCUT2D eigenvalue weighted by Crippen LogP contribution is -2.38. The van der Waals surface area contributed by atoms with Gasteiger partial charge in [-0.25, -0.2) is 0 Å². The lowest BCUT2D eigenvalue weighted by atomic mass is 10.1. The van der Waals surface area contributed by atoms with Gasteiger partial charge in [0.25, 0.3) is 17.4 Å². The second kappa shape index (κ2) is 7.19. The van der Waals surface area contributed by atoms with E-state index in [4.69, 9.17) is 10.5 Å². The molecular formula is C19H20N4O5. The molecule has 3 heterocycles. The molecule has 4 rings (SSSR count). The summed E-state index contributed by atoms with van der Waals surface area (Å²) in [6.07, 6.45) is -0.676. The summed E-state index contributed by atoms with van der Waals surface area (Å²) in [7, 11) is 0. The number of β-amino-alcohol motifs (C(OH)–C–C–N with tert-alkyl or cyclic N) is 1. The summed E-state index contributed by atoms with van der Waals surface area (Å²) in [6, 6.07) is 7.83. The number of ether oxygens (including phenoxy) is 1. The zero-order valence-corrected chi connectivity index (χ0v) is 15.1. The molecule has 28 heavy (non-hydrogen) atoms. The quantitative estimate of drug-likeness (QED) is 0.616. The maximum Gasteiger partial charge on any atom is 0.262 e. The van der Waals surface area contributed by atoms with Gasteiger partial charge in [0, 0.05) is 25.7 Å². The number of nitrogens with one attached hydrogen (secondary N) is 1. The number of rotatable bonds is 4. The van der Waals surface area contributed by atoms with E-state index >= 15 is 0 Å². The Morgan fingerprint density at radius 3 is 2.46 bits per heavy atom. The number of carbonyl (C=O) groups excluding carboxylic acids is 2. The fourth-order valence-corrected chi connectivity index (χ4v) is 3.52. The fraction of sp³-hybridized carbons (Fsp3) is 0.316. The van der Waals surface area contributed by atoms with Crippen LogP contribution in [0.1, 0.15) is 32.4 Å². The Bertz CT molecular complexity index is 993. The smallest absolute Gasteiger partial charge is 0.262 e. The van der Waals surface area contributed by atoms with E-state index in [1.165, 1.54) is 4.57 Å². The number of nitrogen functional groups attached to an aromatic ring is 1. The molecule has 0 saturated carbocycles. The first-order chi connectivity index (χ1) is 13.5. The van der Waals surface area contributed by atoms with E-state index < -0.39 is 23.5 Å². The van der Waals surface area contributed by atoms with Crippen LogP contribution in [0.25, 0.3) is 5.69 Å². The highest BCUT2D eigenvalue weighted by atomic mass is 16.5. The number of nitrogens with two attached hydrogens (primary N) is 1. The van der Waals surface area contributed by atoms with Crippen molar-refractivity contribution in [1.82, 2.24) is 14.8 Å². The molecule has 1 unspecified atom stereocenters. The van der Waals surface area contributed by atoms with Crippen LogP contribution in [-0.4, -0.2) is 59.2 Å². The monoisotopic (exact) mass is 384 g/mol. The maximum absolute atomic E-state index is 12.5. The first-order valence-electron chi connectivity index (χ1n) is 8.95. The Labute approximate surface area is 160 Å². The summed E-state index contributed by atoms with van der Waals surface area (Å²) in [6.45, 7) is 3.35. The van der Waals surface area contributed by atoms with Gasteiger partial charge in [0.1, 0.15) is 5.82 Å². The zero-order valence-electron chi connectivity index (χ0n) is 15.1. The van der Waals surface area contributed by atoms with Crippen molar-refractivity contribution in [2.45, 2.75) is 6.10 Å². The Morgan fingerprint density at radius 1 is 1.11 bits per heavy atom. The van der Waals surface area contributed by atoms with Crippen molar-refractivity contribution in [2.24, 2.45) is 0 Å². The molecule has 1 aromatic heterocycles. The summed E-state index contributed by atoms with van der Waals surface area (Å²) in [5.74, 6) is -1.34. The third kappa shape index (κ3) is 3.19. The van der Waals surface area contributed by atoms with E-state index in [1.807, 2.05) is 0 Å². The maximum atomic E-state index is 12.5. The third-order valence-electron chi connectivity index (χ3n) is 5.02. The number of pyridine rings is 1. The zero-order chi connectivity index (χ0) is 19.8. The van der Waals surface area contributed by atoms with Gasteiger partial charge in [0.15, 0.2) is 0 Å². The lowest BCUT2D eigenvalue weighted by Gasteiger charge is -2.28. The van der Waals surface area contributed by atoms with E-state index in [0.29, 0.717) is 31.0 Å². The van der Waals surface area contributed by atoms with E-state index in [2.05, 4.69) is 10.2 Å². The largest absolute Gasteiger partial charge is 0.387 e. The molecule has 1 saturated heterocycles. The molecule has 2 aromatic rings. The molecule has 146 valence electrons. The SMILES string of the molecule is Nc1c2c(cc(=O)n1-c1ccc(C(O)CN3CCOCC3)cc1)C(=O)NC2=O. The van der Waals surface area contributed by atoms with Crippen LogP contribution in [-0.2, 0) is 4.74 Å². The number of fused-ring (bicyclic) bond motifs is 1. The number of aliphatic hydroxyl groups excluding tert-OH is 1. The number of aliphatic hydroxyl groups is 1. The Morgan fingerprint density at radius 2 is 1.79 bits per heavy atom. The molecule has 9 nitrogen and oxygen atoms in total. The van der Waals surface area contributed by atoms with Gasteiger partial charge in [0.05, 0.1) is 36.1 Å². The highest BCUT2D eigenvalue weighted by Gasteiger charge is 2.31. The van der Waals surface area contributed by atoms with Gasteiger partial charge in [-0.3, -0.25) is 29.2 Å². The van der Waals surface area contributed by atoms with Gasteiger partial charge in [0.2, 0.25) is 0 Å². The predicted molar refractivity (Wildman–Crippen MR) is 100 cm³/mol. The van der Waals surface area contributed by atoms with Gasteiger partial charge >= 0.3 is 0 Å². The first kappa shape index (κ1) is 18.4. The third-order valence-corrected chi connectivity index (χ3v) is 5.02. The van der Waals surface area contributed by atoms with Gasteiger partial charge in [-0.15, -0.1) is 0 Å². The topological polar surface area (TPSA) is 127 Å². The molecule has 1 aromatic carbocycles. The van der Waals surface area contributed by atoms with Crippen LogP contribution in [0.15, 0.2) is 35.1 Å². The number of hydrogen-bond acceptors (Lipinski definition) is 7. The standard InChI is InChI=1S/C19H20N4O5/c20-17-16-13(18(26)21-19(16)27)9-15(25)23(17)12-3-1-11(2-4-12)14(24)10-22-5-7-28-8-6-22/h1-4,9,14,24H,5-8,10,20H2,(H,21,26,27). The van der Waals surface area contributed by atoms with E-state index in [9.17, 15) is 19.5 Å². The Hall–Kier alpha value is -3.01. The van der Waals surface area contributed by atoms with Crippen LogP contribution in [0.2, 0.25) is 0 Å². The van der Waals surface area contributed by atoms with Gasteiger partial charge in [-0.2, -0.15) is 0 Å². The average Bonchev–Trinajstić information content (AvgIpc) is 2.96. The minimum Gasteiger partial charge on any atom is -0.387 e. The van der Waals surface area contributed by atoms with Gasteiger partial charge in [-0.1, -0.05) is 12.1 Å². The molecule has 2 amide bonds. The van der Waals surface area contributed by atoms with Crippen molar-refractivity contribution in [2.75, 3.05) is 38.6 Å². The second-order valence-corrected chi connectivity index (χ2v) is 6.80. The molecule has 1 atom stereocenters. The highest BCUT2D eigenvalue weighted by molar-refractivity contribution is 6.23. The van der Waals surface area contributed by atoms with Crippen molar-refractivity contribution in [1.29, 1.82) is 0 Å². The number of benzene rings is 1. The Kier molecular flexibility index (Phi) is 4.71. The van der Waals surface area contributed by atoms with E-state index in [-0.39, 0.29) is 16.9 Å². The summed E-state index contributed by atoms with van der Waals surface area (Å²) in [5.41, 5.74) is 6.65. The second-order valence-electron chi connectivity index (χ2n) is 6.80. The molecular weight excluding hydrogens is 364 g/mol. The summed E-state index contributed by atoms with van der Waals surface area (Å²) in [4.78, 5) is 38.3. The molecule has 0 radical (unpaired) electrons. The number of hydrogen-bond donors (Lipinski definition) is 3. The van der Waals surface area contributed by atoms with Gasteiger partial charge < -0.3 is 15.6 Å². The average molecular weight is 384 g/mol. The number of amides is 2. The molecule has 2 aliphatic rings. The van der Waals surface area contributed by atoms with Crippen LogP contribution in [0, 0.1) is 0 Å². The van der Waals surface area contributed by atoms with Crippen molar-refractivity contribution < 1.29 is 19.4 Å². The number of carbonyl (C=O) groups is 2. The summed E-state index contributed by atoms with van der Waals surface area (Å²) in [5, 5.41) is 12.6. The minimum absolute atomic E-state index is 0.000952. The van der Waals surface area contributed by atoms with Crippen molar-refractivity contribution in [3.8, 4) is 5.69 Å². The molecule has 0 bridgehead atoms. The van der Waals surface area contributed by atoms with Crippen LogP contribution in [0.5, 0.6) is 0 Å². The van der Waals surface area contributed by atoms with Crippen molar-refractivity contribution in [3.05, 3.63) is 57.4 Å². The minimum atomic E-state index is -0.676. The molecule has 1 fully saturated rings. The molecule has 9 heteroatoms. The highest BCUT2D eigenvalue weighted by Crippen LogP contribution is 2.24. The van der Waals surface area contributed by atoms with E-state index in [0.717, 1.165) is 19.2 Å². The summed E-state index contributed by atoms with van der Waals surface area (Å²) < 4.78 is 6.48. The summed E-state index contributed by atoms with van der Waals surface area (Å²) >= 11 is 0. The predicted octanol–water partition coefficient (Wildman–Crippen LogP) is -0.331. The van der Waals surface area contributed by atoms with Gasteiger partial charge in [-0.05, 0) is 17.7 Å². The number of morpholine rings is 1. The normalized spacial score (nSPS) is 18.0. The lowest BCUT2D eigenvalue weighted by molar-refractivity contribution is 0.0143. The first-order valence-corrected chi connectivity index (χ1v) is 8.95. The van der Waals surface area contributed by atoms with Crippen LogP contribution >= 0.6 is 0 Å². The number of nitrogens with zero attached hydrogens (tertiary/aromatic N) is 2. The van der Waals surface area contributed by atoms with Crippen LogP contribution in [0.4, 0.5) is 5.82 Å². The molecule has 4 N–H and O–H groups in total. The molecule has 0 spiro atoms. The van der Waals surface area contributed by atoms with Crippen LogP contribution in [0.3, 0.4) is 0 Å².